The molecule has 3 heterocycles. The summed E-state index contributed by atoms with van der Waals surface area (Å²) in [5, 5.41) is 3.22. The summed E-state index contributed by atoms with van der Waals surface area (Å²) in [6.45, 7) is 0.757. The van der Waals surface area contributed by atoms with Crippen molar-refractivity contribution in [2.45, 2.75) is 30.9 Å². The van der Waals surface area contributed by atoms with Crippen LogP contribution in [0.4, 0.5) is 10.2 Å². The van der Waals surface area contributed by atoms with Crippen molar-refractivity contribution in [3.8, 4) is 0 Å². The van der Waals surface area contributed by atoms with Crippen LogP contribution < -0.4 is 5.32 Å². The molecule has 0 unspecified atom stereocenters. The van der Waals surface area contributed by atoms with Gasteiger partial charge < -0.3 is 10.1 Å². The van der Waals surface area contributed by atoms with Gasteiger partial charge in [0.15, 0.2) is 11.6 Å². The Kier molecular flexibility index (Phi) is 3.43. The fourth-order valence-electron chi connectivity index (χ4n) is 2.70. The van der Waals surface area contributed by atoms with Crippen molar-refractivity contribution in [2.24, 2.45) is 0 Å². The maximum Gasteiger partial charge on any atom is 0.165 e. The van der Waals surface area contributed by atoms with Crippen molar-refractivity contribution >= 4 is 17.6 Å². The third kappa shape index (κ3) is 2.47. The Morgan fingerprint density at radius 3 is 3.28 bits per heavy atom. The zero-order valence-electron chi connectivity index (χ0n) is 10.2. The molecular formula is C13H17FN2OS. The first-order valence-electron chi connectivity index (χ1n) is 6.36. The molecule has 0 aliphatic carbocycles. The lowest BCUT2D eigenvalue weighted by atomic mass is 9.90. The van der Waals surface area contributed by atoms with Crippen molar-refractivity contribution in [2.75, 3.05) is 23.4 Å². The van der Waals surface area contributed by atoms with E-state index in [-0.39, 0.29) is 17.5 Å². The number of anilines is 1. The molecule has 2 atom stereocenters. The van der Waals surface area contributed by atoms with Crippen LogP contribution in [0, 0.1) is 5.82 Å². The van der Waals surface area contributed by atoms with E-state index in [1.165, 1.54) is 11.8 Å². The Bertz CT molecular complexity index is 423. The van der Waals surface area contributed by atoms with Crippen LogP contribution in [0.25, 0.3) is 0 Å². The number of hydrogen-bond donors (Lipinski definition) is 1. The second-order valence-corrected chi connectivity index (χ2v) is 6.11. The van der Waals surface area contributed by atoms with Crippen molar-refractivity contribution in [1.82, 2.24) is 4.98 Å². The van der Waals surface area contributed by atoms with Crippen LogP contribution in [0.2, 0.25) is 0 Å². The molecule has 0 amide bonds. The molecule has 0 saturated carbocycles. The fourth-order valence-corrected chi connectivity index (χ4v) is 4.08. The Morgan fingerprint density at radius 1 is 1.56 bits per heavy atom. The highest BCUT2D eigenvalue weighted by Gasteiger charge is 2.40. The van der Waals surface area contributed by atoms with E-state index in [0.717, 1.165) is 31.6 Å². The van der Waals surface area contributed by atoms with Crippen molar-refractivity contribution < 1.29 is 9.13 Å². The molecule has 18 heavy (non-hydrogen) atoms. The minimum atomic E-state index is -0.279. The van der Waals surface area contributed by atoms with Crippen LogP contribution in [0.3, 0.4) is 0 Å². The van der Waals surface area contributed by atoms with E-state index in [9.17, 15) is 4.39 Å². The zero-order valence-corrected chi connectivity index (χ0v) is 11.0. The molecule has 1 aromatic rings. The van der Waals surface area contributed by atoms with Gasteiger partial charge in [-0.15, -0.1) is 0 Å². The summed E-state index contributed by atoms with van der Waals surface area (Å²) in [4.78, 5) is 4.06. The smallest absolute Gasteiger partial charge is 0.165 e. The first-order chi connectivity index (χ1) is 8.77. The van der Waals surface area contributed by atoms with Gasteiger partial charge in [0.2, 0.25) is 0 Å². The molecule has 0 bridgehead atoms. The summed E-state index contributed by atoms with van der Waals surface area (Å²) in [5.74, 6) is 2.32. The van der Waals surface area contributed by atoms with Gasteiger partial charge in [-0.1, -0.05) is 0 Å². The topological polar surface area (TPSA) is 34.2 Å². The normalized spacial score (nSPS) is 31.7. The van der Waals surface area contributed by atoms with E-state index in [4.69, 9.17) is 4.74 Å². The van der Waals surface area contributed by atoms with E-state index >= 15 is 0 Å². The number of hydrogen-bond acceptors (Lipinski definition) is 4. The first kappa shape index (κ1) is 12.2. The van der Waals surface area contributed by atoms with Gasteiger partial charge in [-0.2, -0.15) is 11.8 Å². The van der Waals surface area contributed by atoms with Crippen molar-refractivity contribution in [1.29, 1.82) is 0 Å². The second kappa shape index (κ2) is 5.05. The van der Waals surface area contributed by atoms with Gasteiger partial charge in [0.05, 0.1) is 5.60 Å². The fraction of sp³-hybridized carbons (Fsp3) is 0.615. The molecule has 3 nitrogen and oxygen atoms in total. The zero-order chi connectivity index (χ0) is 12.4. The molecule has 0 radical (unpaired) electrons. The molecule has 5 heteroatoms. The van der Waals surface area contributed by atoms with Crippen LogP contribution in [-0.4, -0.2) is 34.7 Å². The molecule has 3 rings (SSSR count). The minimum absolute atomic E-state index is 0.0197. The van der Waals surface area contributed by atoms with E-state index in [1.807, 2.05) is 11.8 Å². The molecule has 1 aromatic heterocycles. The van der Waals surface area contributed by atoms with Crippen LogP contribution in [0.15, 0.2) is 18.3 Å². The van der Waals surface area contributed by atoms with Crippen LogP contribution in [-0.2, 0) is 4.74 Å². The monoisotopic (exact) mass is 268 g/mol. The van der Waals surface area contributed by atoms with Gasteiger partial charge in [-0.3, -0.25) is 0 Å². The number of halogens is 1. The Morgan fingerprint density at radius 2 is 2.50 bits per heavy atom. The third-order valence-electron chi connectivity index (χ3n) is 3.66. The summed E-state index contributed by atoms with van der Waals surface area (Å²) in [6.07, 6.45) is 4.60. The Balaban J connectivity index is 1.68. The predicted molar refractivity (Wildman–Crippen MR) is 71.5 cm³/mol. The second-order valence-electron chi connectivity index (χ2n) is 5.00. The molecule has 2 aliphatic heterocycles. The van der Waals surface area contributed by atoms with Gasteiger partial charge in [-0.25, -0.2) is 9.37 Å². The van der Waals surface area contributed by atoms with Gasteiger partial charge in [0, 0.05) is 24.6 Å². The summed E-state index contributed by atoms with van der Waals surface area (Å²) in [5.41, 5.74) is 0.0197. The number of thioether (sulfide) groups is 1. The van der Waals surface area contributed by atoms with Crippen LogP contribution in [0.5, 0.6) is 0 Å². The van der Waals surface area contributed by atoms with Gasteiger partial charge in [-0.05, 0) is 37.1 Å². The highest BCUT2D eigenvalue weighted by molar-refractivity contribution is 7.99. The maximum atomic E-state index is 13.6. The number of pyridine rings is 1. The molecule has 2 aliphatic rings. The summed E-state index contributed by atoms with van der Waals surface area (Å²) >= 11 is 1.95. The molecule has 1 spiro atoms. The van der Waals surface area contributed by atoms with Gasteiger partial charge in [0.1, 0.15) is 0 Å². The largest absolute Gasteiger partial charge is 0.374 e. The average molecular weight is 268 g/mol. The number of nitrogens with zero attached hydrogens (tertiary/aromatic N) is 1. The van der Waals surface area contributed by atoms with E-state index in [2.05, 4.69) is 10.3 Å². The van der Waals surface area contributed by atoms with Crippen LogP contribution >= 0.6 is 11.8 Å². The number of ether oxygens (including phenoxy) is 1. The standard InChI is InChI=1S/C13H17FN2OS/c14-11-2-1-5-15-12(11)16-10-3-6-17-13(8-10)4-7-18-9-13/h1-2,5,10H,3-4,6-9H2,(H,15,16)/t10-,13+/m0/s1. The number of rotatable bonds is 2. The molecule has 2 saturated heterocycles. The van der Waals surface area contributed by atoms with Crippen molar-refractivity contribution in [3.05, 3.63) is 24.1 Å². The third-order valence-corrected chi connectivity index (χ3v) is 4.88. The summed E-state index contributed by atoms with van der Waals surface area (Å²) < 4.78 is 19.5. The Labute approximate surface area is 111 Å². The number of aromatic nitrogens is 1. The quantitative estimate of drug-likeness (QED) is 0.894. The SMILES string of the molecule is Fc1cccnc1N[C@H]1CCO[C@]2(CCSC2)C1. The maximum absolute atomic E-state index is 13.6. The minimum Gasteiger partial charge on any atom is -0.374 e. The lowest BCUT2D eigenvalue weighted by Crippen LogP contribution is -2.44. The highest BCUT2D eigenvalue weighted by Crippen LogP contribution is 2.38. The first-order valence-corrected chi connectivity index (χ1v) is 7.52. The van der Waals surface area contributed by atoms with E-state index in [1.54, 1.807) is 12.3 Å². The van der Waals surface area contributed by atoms with Crippen LogP contribution in [0.1, 0.15) is 19.3 Å². The lowest BCUT2D eigenvalue weighted by Gasteiger charge is -2.38. The molecule has 0 aromatic carbocycles. The number of nitrogens with one attached hydrogen (secondary N) is 1. The molecular weight excluding hydrogens is 251 g/mol. The lowest BCUT2D eigenvalue weighted by molar-refractivity contribution is -0.0628. The molecule has 1 N–H and O–H groups in total. The predicted octanol–water partition coefficient (Wildman–Crippen LogP) is 2.69. The van der Waals surface area contributed by atoms with E-state index in [0.29, 0.717) is 5.82 Å². The highest BCUT2D eigenvalue weighted by atomic mass is 32.2. The van der Waals surface area contributed by atoms with Crippen molar-refractivity contribution in [3.63, 3.8) is 0 Å². The molecule has 2 fully saturated rings. The van der Waals surface area contributed by atoms with E-state index < -0.39 is 0 Å². The van der Waals surface area contributed by atoms with Gasteiger partial charge >= 0.3 is 0 Å². The average Bonchev–Trinajstić information content (AvgIpc) is 2.80. The summed E-state index contributed by atoms with van der Waals surface area (Å²) in [7, 11) is 0. The molecule has 98 valence electrons. The Hall–Kier alpha value is -0.810. The van der Waals surface area contributed by atoms with Gasteiger partial charge in [0.25, 0.3) is 0 Å². The summed E-state index contributed by atoms with van der Waals surface area (Å²) in [6, 6.07) is 3.32.